The summed E-state index contributed by atoms with van der Waals surface area (Å²) in [5, 5.41) is 0.713. The molecule has 0 atom stereocenters. The first-order valence-electron chi connectivity index (χ1n) is 6.27. The van der Waals surface area contributed by atoms with E-state index in [2.05, 4.69) is 0 Å². The van der Waals surface area contributed by atoms with E-state index in [1.54, 1.807) is 4.90 Å². The predicted octanol–water partition coefficient (Wildman–Crippen LogP) is 2.43. The van der Waals surface area contributed by atoms with Gasteiger partial charge >= 0.3 is 0 Å². The van der Waals surface area contributed by atoms with Crippen molar-refractivity contribution in [1.29, 1.82) is 0 Å². The number of rotatable bonds is 4. The summed E-state index contributed by atoms with van der Waals surface area (Å²) in [5.74, 6) is 0.172. The van der Waals surface area contributed by atoms with E-state index in [1.807, 2.05) is 31.3 Å². The summed E-state index contributed by atoms with van der Waals surface area (Å²) in [7, 11) is 1.84. The van der Waals surface area contributed by atoms with Crippen LogP contribution in [0, 0.1) is 5.41 Å². The van der Waals surface area contributed by atoms with E-state index >= 15 is 0 Å². The number of carbonyl (C=O) groups excluding carboxylic acids is 1. The monoisotopic (exact) mass is 266 g/mol. The molecule has 3 nitrogen and oxygen atoms in total. The molecule has 1 saturated carbocycles. The molecule has 4 heteroatoms. The first kappa shape index (κ1) is 13.4. The molecule has 0 saturated heterocycles. The summed E-state index contributed by atoms with van der Waals surface area (Å²) in [5.41, 5.74) is 6.55. The number of amides is 1. The number of benzene rings is 1. The van der Waals surface area contributed by atoms with Gasteiger partial charge in [0.25, 0.3) is 0 Å². The number of hydrogen-bond acceptors (Lipinski definition) is 2. The summed E-state index contributed by atoms with van der Waals surface area (Å²) in [6.45, 7) is 1.06. The summed E-state index contributed by atoms with van der Waals surface area (Å²) in [4.78, 5) is 14.1. The lowest BCUT2D eigenvalue weighted by atomic mass is 9.68. The summed E-state index contributed by atoms with van der Waals surface area (Å²) < 4.78 is 0. The van der Waals surface area contributed by atoms with Crippen LogP contribution >= 0.6 is 11.6 Å². The molecule has 1 aliphatic carbocycles. The molecule has 1 aromatic carbocycles. The van der Waals surface area contributed by atoms with Crippen LogP contribution in [0.3, 0.4) is 0 Å². The average Bonchev–Trinajstić information content (AvgIpc) is 2.31. The van der Waals surface area contributed by atoms with Crippen LogP contribution in [0.2, 0.25) is 5.02 Å². The van der Waals surface area contributed by atoms with Crippen molar-refractivity contribution in [2.24, 2.45) is 11.1 Å². The number of halogens is 1. The van der Waals surface area contributed by atoms with Gasteiger partial charge in [-0.25, -0.2) is 0 Å². The molecule has 2 rings (SSSR count). The van der Waals surface area contributed by atoms with Gasteiger partial charge in [-0.2, -0.15) is 0 Å². The van der Waals surface area contributed by atoms with Crippen LogP contribution in [-0.2, 0) is 11.3 Å². The standard InChI is InChI=1S/C14H19ClN2O/c1-17(9-11-3-5-12(15)6-4-11)13(18)14(10-16)7-2-8-14/h3-6H,2,7-10,16H2,1H3. The Balaban J connectivity index is 2.01. The number of hydrogen-bond donors (Lipinski definition) is 1. The van der Waals surface area contributed by atoms with Crippen LogP contribution in [0.4, 0.5) is 0 Å². The van der Waals surface area contributed by atoms with Crippen molar-refractivity contribution in [2.45, 2.75) is 25.8 Å². The number of nitrogens with zero attached hydrogens (tertiary/aromatic N) is 1. The summed E-state index contributed by atoms with van der Waals surface area (Å²) >= 11 is 5.84. The molecular weight excluding hydrogens is 248 g/mol. The van der Waals surface area contributed by atoms with Crippen molar-refractivity contribution in [3.63, 3.8) is 0 Å². The normalized spacial score (nSPS) is 17.1. The highest BCUT2D eigenvalue weighted by Crippen LogP contribution is 2.41. The maximum absolute atomic E-state index is 12.4. The molecule has 0 aromatic heterocycles. The lowest BCUT2D eigenvalue weighted by Gasteiger charge is -2.41. The Morgan fingerprint density at radius 3 is 2.44 bits per heavy atom. The van der Waals surface area contributed by atoms with Crippen molar-refractivity contribution in [1.82, 2.24) is 4.90 Å². The van der Waals surface area contributed by atoms with E-state index in [0.717, 1.165) is 24.8 Å². The Labute approximate surface area is 113 Å². The molecular formula is C14H19ClN2O. The van der Waals surface area contributed by atoms with Gasteiger partial charge in [0.15, 0.2) is 0 Å². The van der Waals surface area contributed by atoms with Crippen LogP contribution in [0.5, 0.6) is 0 Å². The third kappa shape index (κ3) is 2.52. The first-order chi connectivity index (χ1) is 8.57. The third-order valence-corrected chi connectivity index (χ3v) is 4.09. The van der Waals surface area contributed by atoms with Gasteiger partial charge in [-0.05, 0) is 30.5 Å². The maximum Gasteiger partial charge on any atom is 0.230 e. The molecule has 98 valence electrons. The fourth-order valence-corrected chi connectivity index (χ4v) is 2.58. The molecule has 1 fully saturated rings. The van der Waals surface area contributed by atoms with Crippen molar-refractivity contribution in [3.05, 3.63) is 34.9 Å². The smallest absolute Gasteiger partial charge is 0.230 e. The predicted molar refractivity (Wildman–Crippen MR) is 73.3 cm³/mol. The highest BCUT2D eigenvalue weighted by molar-refractivity contribution is 6.30. The largest absolute Gasteiger partial charge is 0.341 e. The van der Waals surface area contributed by atoms with Crippen LogP contribution in [0.25, 0.3) is 0 Å². The second-order valence-electron chi connectivity index (χ2n) is 5.13. The number of carbonyl (C=O) groups is 1. The van der Waals surface area contributed by atoms with Gasteiger partial charge in [-0.1, -0.05) is 30.2 Å². The van der Waals surface area contributed by atoms with Gasteiger partial charge in [0.05, 0.1) is 5.41 Å². The van der Waals surface area contributed by atoms with Gasteiger partial charge in [-0.3, -0.25) is 4.79 Å². The molecule has 0 aliphatic heterocycles. The van der Waals surface area contributed by atoms with E-state index in [4.69, 9.17) is 17.3 Å². The highest BCUT2D eigenvalue weighted by atomic mass is 35.5. The van der Waals surface area contributed by atoms with Gasteiger partial charge < -0.3 is 10.6 Å². The SMILES string of the molecule is CN(Cc1ccc(Cl)cc1)C(=O)C1(CN)CCC1. The zero-order valence-electron chi connectivity index (χ0n) is 10.7. The lowest BCUT2D eigenvalue weighted by Crippen LogP contribution is -2.50. The summed E-state index contributed by atoms with van der Waals surface area (Å²) in [6.07, 6.45) is 2.96. The van der Waals surface area contributed by atoms with Crippen LogP contribution < -0.4 is 5.73 Å². The van der Waals surface area contributed by atoms with Crippen molar-refractivity contribution >= 4 is 17.5 Å². The Bertz CT molecular complexity index is 420. The summed E-state index contributed by atoms with van der Waals surface area (Å²) in [6, 6.07) is 7.58. The van der Waals surface area contributed by atoms with Gasteiger partial charge in [-0.15, -0.1) is 0 Å². The third-order valence-electron chi connectivity index (χ3n) is 3.83. The fourth-order valence-electron chi connectivity index (χ4n) is 2.45. The second-order valence-corrected chi connectivity index (χ2v) is 5.56. The molecule has 0 bridgehead atoms. The minimum Gasteiger partial charge on any atom is -0.341 e. The van der Waals surface area contributed by atoms with E-state index in [0.29, 0.717) is 18.1 Å². The fraction of sp³-hybridized carbons (Fsp3) is 0.500. The average molecular weight is 267 g/mol. The van der Waals surface area contributed by atoms with E-state index in [9.17, 15) is 4.79 Å². The topological polar surface area (TPSA) is 46.3 Å². The zero-order valence-corrected chi connectivity index (χ0v) is 11.4. The van der Waals surface area contributed by atoms with Crippen molar-refractivity contribution < 1.29 is 4.79 Å². The Morgan fingerprint density at radius 1 is 1.39 bits per heavy atom. The lowest BCUT2D eigenvalue weighted by molar-refractivity contribution is -0.145. The molecule has 0 radical (unpaired) electrons. The molecule has 1 aromatic rings. The molecule has 1 amide bonds. The van der Waals surface area contributed by atoms with Crippen LogP contribution in [-0.4, -0.2) is 24.4 Å². The van der Waals surface area contributed by atoms with Crippen molar-refractivity contribution in [3.8, 4) is 0 Å². The zero-order chi connectivity index (χ0) is 13.2. The van der Waals surface area contributed by atoms with Crippen molar-refractivity contribution in [2.75, 3.05) is 13.6 Å². The van der Waals surface area contributed by atoms with Gasteiger partial charge in [0.1, 0.15) is 0 Å². The first-order valence-corrected chi connectivity index (χ1v) is 6.65. The van der Waals surface area contributed by atoms with Crippen LogP contribution in [0.1, 0.15) is 24.8 Å². The quantitative estimate of drug-likeness (QED) is 0.910. The molecule has 0 spiro atoms. The molecule has 0 unspecified atom stereocenters. The number of nitrogens with two attached hydrogens (primary N) is 1. The van der Waals surface area contributed by atoms with Gasteiger partial charge in [0.2, 0.25) is 5.91 Å². The van der Waals surface area contributed by atoms with E-state index in [-0.39, 0.29) is 11.3 Å². The van der Waals surface area contributed by atoms with Crippen LogP contribution in [0.15, 0.2) is 24.3 Å². The van der Waals surface area contributed by atoms with E-state index in [1.165, 1.54) is 0 Å². The molecule has 1 aliphatic rings. The Hall–Kier alpha value is -1.06. The minimum absolute atomic E-state index is 0.172. The molecule has 0 heterocycles. The minimum atomic E-state index is -0.291. The Morgan fingerprint density at radius 2 is 2.00 bits per heavy atom. The van der Waals surface area contributed by atoms with Gasteiger partial charge in [0, 0.05) is 25.2 Å². The molecule has 2 N–H and O–H groups in total. The second kappa shape index (κ2) is 5.29. The maximum atomic E-state index is 12.4. The molecule has 18 heavy (non-hydrogen) atoms. The van der Waals surface area contributed by atoms with E-state index < -0.39 is 0 Å². The Kier molecular flexibility index (Phi) is 3.93. The highest BCUT2D eigenvalue weighted by Gasteiger charge is 2.44.